The summed E-state index contributed by atoms with van der Waals surface area (Å²) < 4.78 is 0. The van der Waals surface area contributed by atoms with Crippen LogP contribution in [-0.2, 0) is 11.2 Å². The maximum atomic E-state index is 11.4. The van der Waals surface area contributed by atoms with Crippen LogP contribution in [0.25, 0.3) is 0 Å². The van der Waals surface area contributed by atoms with Crippen LogP contribution >= 0.6 is 0 Å². The number of allylic oxidation sites excluding steroid dienone is 2. The monoisotopic (exact) mass is 324 g/mol. The Kier molecular flexibility index (Phi) is 3.63. The van der Waals surface area contributed by atoms with E-state index in [9.17, 15) is 9.90 Å². The molecule has 3 aliphatic rings. The molecule has 1 aromatic carbocycles. The molecular formula is C22H28O2. The molecule has 128 valence electrons. The number of benzene rings is 1. The number of aliphatic carboxylic acids is 1. The normalized spacial score (nSPS) is 34.6. The molecule has 0 spiro atoms. The van der Waals surface area contributed by atoms with Crippen molar-refractivity contribution < 1.29 is 9.90 Å². The van der Waals surface area contributed by atoms with Gasteiger partial charge in [0.2, 0.25) is 0 Å². The number of rotatable bonds is 1. The van der Waals surface area contributed by atoms with Crippen molar-refractivity contribution in [2.45, 2.75) is 65.2 Å². The molecule has 0 aliphatic heterocycles. The van der Waals surface area contributed by atoms with Crippen LogP contribution in [0.5, 0.6) is 0 Å². The lowest BCUT2D eigenvalue weighted by Crippen LogP contribution is -2.43. The molecule has 0 aromatic heterocycles. The number of carbonyl (C=O) groups is 1. The summed E-state index contributed by atoms with van der Waals surface area (Å²) >= 11 is 0. The van der Waals surface area contributed by atoms with Gasteiger partial charge in [-0.1, -0.05) is 30.7 Å². The zero-order valence-electron chi connectivity index (χ0n) is 15.1. The average Bonchev–Trinajstić information content (AvgIpc) is 2.56. The third kappa shape index (κ3) is 2.18. The van der Waals surface area contributed by atoms with Crippen LogP contribution in [-0.4, -0.2) is 11.1 Å². The highest BCUT2D eigenvalue weighted by atomic mass is 16.4. The van der Waals surface area contributed by atoms with Crippen molar-refractivity contribution in [1.29, 1.82) is 0 Å². The molecule has 0 saturated heterocycles. The SMILES string of the molecule is Cc1ccc2c(c1C)CC[C@@H]1[C@@H]2CC=C2C[C@@H](C(=O)O)CC[C@]21C. The summed E-state index contributed by atoms with van der Waals surface area (Å²) in [4.78, 5) is 11.4. The molecule has 0 radical (unpaired) electrons. The Labute approximate surface area is 145 Å². The van der Waals surface area contributed by atoms with Crippen LogP contribution in [0, 0.1) is 31.1 Å². The minimum Gasteiger partial charge on any atom is -0.481 e. The summed E-state index contributed by atoms with van der Waals surface area (Å²) in [5, 5.41) is 9.40. The molecule has 0 bridgehead atoms. The predicted octanol–water partition coefficient (Wildman–Crippen LogP) is 5.17. The molecule has 4 rings (SSSR count). The first kappa shape index (κ1) is 15.9. The fraction of sp³-hybridized carbons (Fsp3) is 0.591. The number of hydrogen-bond donors (Lipinski definition) is 1. The lowest BCUT2D eigenvalue weighted by Gasteiger charge is -2.52. The largest absolute Gasteiger partial charge is 0.481 e. The molecule has 4 atom stereocenters. The van der Waals surface area contributed by atoms with E-state index in [4.69, 9.17) is 0 Å². The van der Waals surface area contributed by atoms with Gasteiger partial charge in [-0.25, -0.2) is 0 Å². The van der Waals surface area contributed by atoms with Gasteiger partial charge in [0, 0.05) is 0 Å². The van der Waals surface area contributed by atoms with E-state index in [0.29, 0.717) is 11.8 Å². The van der Waals surface area contributed by atoms with E-state index in [1.165, 1.54) is 29.5 Å². The number of fused-ring (bicyclic) bond motifs is 5. The van der Waals surface area contributed by atoms with Crippen molar-refractivity contribution in [3.63, 3.8) is 0 Å². The van der Waals surface area contributed by atoms with Crippen LogP contribution in [0.1, 0.15) is 67.2 Å². The quantitative estimate of drug-likeness (QED) is 0.724. The van der Waals surface area contributed by atoms with Crippen molar-refractivity contribution in [3.8, 4) is 0 Å². The highest BCUT2D eigenvalue weighted by molar-refractivity contribution is 5.70. The van der Waals surface area contributed by atoms with Gasteiger partial charge in [-0.2, -0.15) is 0 Å². The lowest BCUT2D eigenvalue weighted by molar-refractivity contribution is -0.143. The Morgan fingerprint density at radius 1 is 1.25 bits per heavy atom. The van der Waals surface area contributed by atoms with E-state index in [1.54, 1.807) is 11.1 Å². The van der Waals surface area contributed by atoms with Crippen LogP contribution in [0.4, 0.5) is 0 Å². The first-order valence-electron chi connectivity index (χ1n) is 9.43. The summed E-state index contributed by atoms with van der Waals surface area (Å²) in [6, 6.07) is 4.67. The summed E-state index contributed by atoms with van der Waals surface area (Å²) in [6.45, 7) is 6.91. The maximum Gasteiger partial charge on any atom is 0.306 e. The smallest absolute Gasteiger partial charge is 0.306 e. The van der Waals surface area contributed by atoms with Gasteiger partial charge in [-0.15, -0.1) is 0 Å². The lowest BCUT2D eigenvalue weighted by atomic mass is 9.52. The summed E-state index contributed by atoms with van der Waals surface area (Å²) in [5.74, 6) is 0.534. The van der Waals surface area contributed by atoms with Crippen LogP contribution in [0.2, 0.25) is 0 Å². The molecule has 1 N–H and O–H groups in total. The third-order valence-electron chi connectivity index (χ3n) is 7.49. The average molecular weight is 324 g/mol. The van der Waals surface area contributed by atoms with Gasteiger partial charge in [0.25, 0.3) is 0 Å². The minimum atomic E-state index is -0.611. The number of carboxylic acid groups (broad SMARTS) is 1. The Morgan fingerprint density at radius 2 is 2.04 bits per heavy atom. The van der Waals surface area contributed by atoms with Crippen LogP contribution in [0.3, 0.4) is 0 Å². The standard InChI is InChI=1S/C22H28O2/c1-13-4-6-18-17(14(13)2)8-9-20-19(18)7-5-16-12-15(21(23)24)10-11-22(16,20)3/h4-6,15,19-20H,7-12H2,1-3H3,(H,23,24)/t15-,19+,20+,22+/m0/s1. The molecule has 0 unspecified atom stereocenters. The van der Waals surface area contributed by atoms with Gasteiger partial charge >= 0.3 is 5.97 Å². The molecular weight excluding hydrogens is 296 g/mol. The zero-order valence-corrected chi connectivity index (χ0v) is 15.1. The second kappa shape index (κ2) is 5.47. The van der Waals surface area contributed by atoms with Gasteiger partial charge < -0.3 is 5.11 Å². The number of aryl methyl sites for hydroxylation is 1. The molecule has 3 aliphatic carbocycles. The predicted molar refractivity (Wildman–Crippen MR) is 96.3 cm³/mol. The summed E-state index contributed by atoms with van der Waals surface area (Å²) in [5.41, 5.74) is 7.72. The highest BCUT2D eigenvalue weighted by Gasteiger charge is 2.49. The van der Waals surface area contributed by atoms with E-state index >= 15 is 0 Å². The van der Waals surface area contributed by atoms with E-state index in [0.717, 1.165) is 25.7 Å². The first-order valence-corrected chi connectivity index (χ1v) is 9.43. The van der Waals surface area contributed by atoms with Crippen molar-refractivity contribution in [2.75, 3.05) is 0 Å². The molecule has 2 heteroatoms. The van der Waals surface area contributed by atoms with Gasteiger partial charge in [-0.05, 0) is 91.9 Å². The number of hydrogen-bond acceptors (Lipinski definition) is 1. The molecule has 0 heterocycles. The molecule has 1 aromatic rings. The second-order valence-electron chi connectivity index (χ2n) is 8.49. The first-order chi connectivity index (χ1) is 11.4. The second-order valence-corrected chi connectivity index (χ2v) is 8.49. The van der Waals surface area contributed by atoms with Crippen LogP contribution < -0.4 is 0 Å². The minimum absolute atomic E-state index is 0.165. The van der Waals surface area contributed by atoms with Crippen molar-refractivity contribution in [2.24, 2.45) is 17.3 Å². The Bertz CT molecular complexity index is 730. The third-order valence-corrected chi connectivity index (χ3v) is 7.49. The van der Waals surface area contributed by atoms with E-state index in [2.05, 4.69) is 39.0 Å². The van der Waals surface area contributed by atoms with Gasteiger partial charge in [0.05, 0.1) is 5.92 Å². The van der Waals surface area contributed by atoms with Gasteiger partial charge in [0.1, 0.15) is 0 Å². The topological polar surface area (TPSA) is 37.3 Å². The highest BCUT2D eigenvalue weighted by Crippen LogP contribution is 2.59. The summed E-state index contributed by atoms with van der Waals surface area (Å²) in [7, 11) is 0. The Hall–Kier alpha value is -1.57. The van der Waals surface area contributed by atoms with E-state index in [-0.39, 0.29) is 11.3 Å². The molecule has 0 amide bonds. The van der Waals surface area contributed by atoms with Crippen molar-refractivity contribution in [3.05, 3.63) is 46.0 Å². The molecule has 1 saturated carbocycles. The molecule has 1 fully saturated rings. The Morgan fingerprint density at radius 3 is 2.79 bits per heavy atom. The fourth-order valence-corrected chi connectivity index (χ4v) is 5.80. The fourth-order valence-electron chi connectivity index (χ4n) is 5.80. The van der Waals surface area contributed by atoms with Gasteiger partial charge in [-0.3, -0.25) is 4.79 Å². The van der Waals surface area contributed by atoms with E-state index in [1.807, 2.05) is 0 Å². The number of carboxylic acids is 1. The molecule has 24 heavy (non-hydrogen) atoms. The van der Waals surface area contributed by atoms with Crippen LogP contribution in [0.15, 0.2) is 23.8 Å². The van der Waals surface area contributed by atoms with Crippen molar-refractivity contribution >= 4 is 5.97 Å². The molecule has 2 nitrogen and oxygen atoms in total. The van der Waals surface area contributed by atoms with Gasteiger partial charge in [0.15, 0.2) is 0 Å². The summed E-state index contributed by atoms with van der Waals surface area (Å²) in [6.07, 6.45) is 8.60. The Balaban J connectivity index is 1.72. The maximum absolute atomic E-state index is 11.4. The van der Waals surface area contributed by atoms with E-state index < -0.39 is 5.97 Å². The van der Waals surface area contributed by atoms with Crippen molar-refractivity contribution in [1.82, 2.24) is 0 Å². The zero-order chi connectivity index (χ0) is 17.1.